The summed E-state index contributed by atoms with van der Waals surface area (Å²) in [7, 11) is 0. The zero-order valence-corrected chi connectivity index (χ0v) is 18.9. The van der Waals surface area contributed by atoms with Crippen LogP contribution in [-0.2, 0) is 9.59 Å². The summed E-state index contributed by atoms with van der Waals surface area (Å²) in [6.45, 7) is 2.29. The summed E-state index contributed by atoms with van der Waals surface area (Å²) in [6, 6.07) is 18.9. The Labute approximate surface area is 198 Å². The van der Waals surface area contributed by atoms with Gasteiger partial charge in [0, 0.05) is 5.56 Å². The molecule has 1 aromatic heterocycles. The van der Waals surface area contributed by atoms with Crippen LogP contribution in [0.15, 0.2) is 78.4 Å². The SMILES string of the molecule is CCOc1cccc(/C(O)=C2\C(=O)C(=O)N(c3nc4ccc(F)cc4s3)C2c2ccccc2)c1. The van der Waals surface area contributed by atoms with E-state index >= 15 is 0 Å². The molecule has 0 saturated carbocycles. The van der Waals surface area contributed by atoms with Crippen molar-refractivity contribution >= 4 is 44.1 Å². The highest BCUT2D eigenvalue weighted by Gasteiger charge is 2.48. The van der Waals surface area contributed by atoms with Crippen molar-refractivity contribution in [3.8, 4) is 5.75 Å². The molecular weight excluding hydrogens is 455 g/mol. The third kappa shape index (κ3) is 3.72. The molecular formula is C26H19FN2O4S. The summed E-state index contributed by atoms with van der Waals surface area (Å²) in [6.07, 6.45) is 0. The van der Waals surface area contributed by atoms with Gasteiger partial charge in [0.2, 0.25) is 0 Å². The first-order valence-corrected chi connectivity index (χ1v) is 11.4. The van der Waals surface area contributed by atoms with E-state index in [1.165, 1.54) is 23.1 Å². The van der Waals surface area contributed by atoms with Crippen LogP contribution in [0.25, 0.3) is 16.0 Å². The fourth-order valence-electron chi connectivity index (χ4n) is 4.03. The van der Waals surface area contributed by atoms with Gasteiger partial charge >= 0.3 is 5.91 Å². The van der Waals surface area contributed by atoms with Gasteiger partial charge in [-0.15, -0.1) is 0 Å². The molecule has 170 valence electrons. The molecule has 5 rings (SSSR count). The van der Waals surface area contributed by atoms with Gasteiger partial charge in [0.25, 0.3) is 5.78 Å². The predicted molar refractivity (Wildman–Crippen MR) is 128 cm³/mol. The van der Waals surface area contributed by atoms with E-state index in [0.717, 1.165) is 11.3 Å². The van der Waals surface area contributed by atoms with E-state index in [4.69, 9.17) is 4.74 Å². The molecule has 1 aliphatic heterocycles. The lowest BCUT2D eigenvalue weighted by Crippen LogP contribution is -2.29. The average molecular weight is 475 g/mol. The summed E-state index contributed by atoms with van der Waals surface area (Å²) in [5, 5.41) is 11.5. The third-order valence-corrected chi connectivity index (χ3v) is 6.54. The minimum absolute atomic E-state index is 0.0460. The first-order chi connectivity index (χ1) is 16.5. The lowest BCUT2D eigenvalue weighted by atomic mass is 9.95. The fraction of sp³-hybridized carbons (Fsp3) is 0.115. The van der Waals surface area contributed by atoms with Crippen molar-refractivity contribution < 1.29 is 23.8 Å². The van der Waals surface area contributed by atoms with E-state index in [1.54, 1.807) is 48.5 Å². The van der Waals surface area contributed by atoms with E-state index in [1.807, 2.05) is 13.0 Å². The van der Waals surface area contributed by atoms with Gasteiger partial charge in [-0.05, 0) is 42.8 Å². The molecule has 0 radical (unpaired) electrons. The summed E-state index contributed by atoms with van der Waals surface area (Å²) in [5.41, 5.74) is 1.46. The molecule has 2 heterocycles. The predicted octanol–water partition coefficient (Wildman–Crippen LogP) is 5.46. The Morgan fingerprint density at radius 1 is 1.09 bits per heavy atom. The van der Waals surface area contributed by atoms with Crippen LogP contribution in [0.1, 0.15) is 24.1 Å². The Bertz CT molecular complexity index is 1450. The normalized spacial score (nSPS) is 17.5. The number of anilines is 1. The molecule has 1 saturated heterocycles. The van der Waals surface area contributed by atoms with Crippen LogP contribution in [0.3, 0.4) is 0 Å². The number of hydrogen-bond acceptors (Lipinski definition) is 6. The number of aliphatic hydroxyl groups excluding tert-OH is 1. The second kappa shape index (κ2) is 8.72. The van der Waals surface area contributed by atoms with Gasteiger partial charge in [0.15, 0.2) is 5.13 Å². The van der Waals surface area contributed by atoms with Gasteiger partial charge in [-0.3, -0.25) is 14.5 Å². The van der Waals surface area contributed by atoms with E-state index < -0.39 is 23.5 Å². The van der Waals surface area contributed by atoms with Crippen LogP contribution in [-0.4, -0.2) is 28.4 Å². The number of rotatable bonds is 5. The molecule has 0 bridgehead atoms. The highest BCUT2D eigenvalue weighted by Crippen LogP contribution is 2.44. The zero-order valence-electron chi connectivity index (χ0n) is 18.1. The first-order valence-electron chi connectivity index (χ1n) is 10.6. The number of carbonyl (C=O) groups excluding carboxylic acids is 2. The Morgan fingerprint density at radius 2 is 1.88 bits per heavy atom. The van der Waals surface area contributed by atoms with Gasteiger partial charge in [-0.25, -0.2) is 9.37 Å². The minimum atomic E-state index is -0.901. The van der Waals surface area contributed by atoms with Crippen molar-refractivity contribution in [3.63, 3.8) is 0 Å². The number of ketones is 1. The van der Waals surface area contributed by atoms with Crippen LogP contribution >= 0.6 is 11.3 Å². The topological polar surface area (TPSA) is 79.7 Å². The summed E-state index contributed by atoms with van der Waals surface area (Å²) < 4.78 is 19.8. The monoisotopic (exact) mass is 474 g/mol. The molecule has 6 nitrogen and oxygen atoms in total. The number of hydrogen-bond donors (Lipinski definition) is 1. The number of nitrogens with zero attached hydrogens (tertiary/aromatic N) is 2. The Kier molecular flexibility index (Phi) is 5.59. The van der Waals surface area contributed by atoms with Gasteiger partial charge in [0.05, 0.1) is 28.4 Å². The smallest absolute Gasteiger partial charge is 0.301 e. The Morgan fingerprint density at radius 3 is 2.65 bits per heavy atom. The number of thiazole rings is 1. The maximum atomic E-state index is 13.7. The van der Waals surface area contributed by atoms with Crippen molar-refractivity contribution in [2.45, 2.75) is 13.0 Å². The molecule has 8 heteroatoms. The van der Waals surface area contributed by atoms with Crippen LogP contribution in [0, 0.1) is 5.82 Å². The second-order valence-corrected chi connectivity index (χ2v) is 8.66. The molecule has 1 fully saturated rings. The molecule has 1 unspecified atom stereocenters. The number of benzene rings is 3. The molecule has 1 N–H and O–H groups in total. The summed E-state index contributed by atoms with van der Waals surface area (Å²) in [4.78, 5) is 32.2. The third-order valence-electron chi connectivity index (χ3n) is 5.52. The molecule has 34 heavy (non-hydrogen) atoms. The highest BCUT2D eigenvalue weighted by atomic mass is 32.1. The van der Waals surface area contributed by atoms with Crippen molar-refractivity contribution in [2.24, 2.45) is 0 Å². The highest BCUT2D eigenvalue weighted by molar-refractivity contribution is 7.22. The van der Waals surface area contributed by atoms with Gasteiger partial charge < -0.3 is 9.84 Å². The molecule has 0 aliphatic carbocycles. The quantitative estimate of drug-likeness (QED) is 0.236. The average Bonchev–Trinajstić information content (AvgIpc) is 3.37. The molecule has 4 aromatic rings. The minimum Gasteiger partial charge on any atom is -0.507 e. The number of carbonyl (C=O) groups is 2. The van der Waals surface area contributed by atoms with E-state index in [0.29, 0.717) is 33.7 Å². The van der Waals surface area contributed by atoms with Crippen molar-refractivity contribution in [1.82, 2.24) is 4.98 Å². The van der Waals surface area contributed by atoms with Crippen LogP contribution in [0.5, 0.6) is 5.75 Å². The second-order valence-electron chi connectivity index (χ2n) is 7.65. The first kappa shape index (κ1) is 21.8. The lowest BCUT2D eigenvalue weighted by Gasteiger charge is -2.23. The molecule has 1 aliphatic rings. The molecule has 1 amide bonds. The van der Waals surface area contributed by atoms with E-state index in [9.17, 15) is 19.1 Å². The van der Waals surface area contributed by atoms with Crippen molar-refractivity contribution in [1.29, 1.82) is 0 Å². The number of halogens is 1. The molecule has 1 atom stereocenters. The Balaban J connectivity index is 1.70. The molecule has 0 spiro atoms. The maximum absolute atomic E-state index is 13.7. The largest absolute Gasteiger partial charge is 0.507 e. The Hall–Kier alpha value is -4.04. The zero-order chi connectivity index (χ0) is 23.8. The van der Waals surface area contributed by atoms with Gasteiger partial charge in [-0.2, -0.15) is 0 Å². The number of aromatic nitrogens is 1. The summed E-state index contributed by atoms with van der Waals surface area (Å²) >= 11 is 1.11. The standard InChI is InChI=1S/C26H19FN2O4S/c1-2-33-18-10-6-9-16(13-18)23(30)21-22(15-7-4-3-5-8-15)29(25(32)24(21)31)26-28-19-12-11-17(27)14-20(19)34-26/h3-14,22,30H,2H2,1H3/b23-21+. The summed E-state index contributed by atoms with van der Waals surface area (Å²) in [5.74, 6) is -1.82. The lowest BCUT2D eigenvalue weighted by molar-refractivity contribution is -0.132. The van der Waals surface area contributed by atoms with Gasteiger partial charge in [-0.1, -0.05) is 53.8 Å². The maximum Gasteiger partial charge on any atom is 0.301 e. The van der Waals surface area contributed by atoms with E-state index in [2.05, 4.69) is 4.98 Å². The fourth-order valence-corrected chi connectivity index (χ4v) is 5.04. The van der Waals surface area contributed by atoms with Crippen LogP contribution in [0.2, 0.25) is 0 Å². The van der Waals surface area contributed by atoms with E-state index in [-0.39, 0.29) is 16.5 Å². The van der Waals surface area contributed by atoms with Crippen LogP contribution < -0.4 is 9.64 Å². The number of ether oxygens (including phenoxy) is 1. The number of aliphatic hydroxyl groups is 1. The number of Topliss-reactive ketones (excluding diaryl/α,β-unsaturated/α-hetero) is 1. The van der Waals surface area contributed by atoms with Crippen LogP contribution in [0.4, 0.5) is 9.52 Å². The van der Waals surface area contributed by atoms with Gasteiger partial charge in [0.1, 0.15) is 17.3 Å². The molecule has 3 aromatic carbocycles. The number of fused-ring (bicyclic) bond motifs is 1. The van der Waals surface area contributed by atoms with Crippen molar-refractivity contribution in [3.05, 3.63) is 95.3 Å². The van der Waals surface area contributed by atoms with Crippen molar-refractivity contribution in [2.75, 3.05) is 11.5 Å². The number of amides is 1.